The number of aryl methyl sites for hydroxylation is 1. The molecule has 1 fully saturated rings. The Bertz CT molecular complexity index is 342. The largest absolute Gasteiger partial charge is 0.324 e. The maximum atomic E-state index is 6.32. The van der Waals surface area contributed by atoms with Gasteiger partial charge in [-0.05, 0) is 42.9 Å². The third kappa shape index (κ3) is 2.43. The molecule has 1 aliphatic rings. The highest BCUT2D eigenvalue weighted by molar-refractivity contribution is 9.10. The molecule has 0 bridgehead atoms. The van der Waals surface area contributed by atoms with Gasteiger partial charge in [0.1, 0.15) is 0 Å². The summed E-state index contributed by atoms with van der Waals surface area (Å²) >= 11 is 3.61. The van der Waals surface area contributed by atoms with Crippen LogP contribution in [0.5, 0.6) is 0 Å². The van der Waals surface area contributed by atoms with Crippen molar-refractivity contribution >= 4 is 15.9 Å². The molecule has 2 N–H and O–H groups in total. The van der Waals surface area contributed by atoms with Crippen LogP contribution < -0.4 is 5.73 Å². The summed E-state index contributed by atoms with van der Waals surface area (Å²) in [6.45, 7) is 2.11. The molecular weight excluding hydrogens is 250 g/mol. The lowest BCUT2D eigenvalue weighted by atomic mass is 9.92. The van der Waals surface area contributed by atoms with E-state index in [1.165, 1.54) is 41.3 Å². The fourth-order valence-electron chi connectivity index (χ4n) is 2.47. The summed E-state index contributed by atoms with van der Waals surface area (Å²) in [5.74, 6) is 0.684. The van der Waals surface area contributed by atoms with E-state index in [2.05, 4.69) is 41.1 Å². The summed E-state index contributed by atoms with van der Waals surface area (Å²) in [4.78, 5) is 0. The predicted molar refractivity (Wildman–Crippen MR) is 67.8 cm³/mol. The SMILES string of the molecule is Cc1ccc(C(N)C2CCCC2)c(Br)c1. The predicted octanol–water partition coefficient (Wildman–Crippen LogP) is 3.95. The zero-order valence-corrected chi connectivity index (χ0v) is 10.8. The topological polar surface area (TPSA) is 26.0 Å². The quantitative estimate of drug-likeness (QED) is 0.863. The minimum Gasteiger partial charge on any atom is -0.324 e. The van der Waals surface area contributed by atoms with Gasteiger partial charge in [0.25, 0.3) is 0 Å². The maximum absolute atomic E-state index is 6.32. The number of hydrogen-bond acceptors (Lipinski definition) is 1. The highest BCUT2D eigenvalue weighted by Crippen LogP contribution is 2.36. The maximum Gasteiger partial charge on any atom is 0.0334 e. The third-order valence-electron chi connectivity index (χ3n) is 3.42. The zero-order chi connectivity index (χ0) is 10.8. The molecule has 15 heavy (non-hydrogen) atoms. The van der Waals surface area contributed by atoms with Crippen molar-refractivity contribution < 1.29 is 0 Å². The van der Waals surface area contributed by atoms with Gasteiger partial charge in [0.2, 0.25) is 0 Å². The standard InChI is InChI=1S/C13H18BrN/c1-9-6-7-11(12(14)8-9)13(15)10-4-2-3-5-10/h6-8,10,13H,2-5,15H2,1H3. The van der Waals surface area contributed by atoms with E-state index in [-0.39, 0.29) is 6.04 Å². The Hall–Kier alpha value is -0.340. The first-order valence-electron chi connectivity index (χ1n) is 5.70. The Balaban J connectivity index is 2.20. The van der Waals surface area contributed by atoms with Crippen LogP contribution in [-0.2, 0) is 0 Å². The van der Waals surface area contributed by atoms with Crippen molar-refractivity contribution in [2.75, 3.05) is 0 Å². The summed E-state index contributed by atoms with van der Waals surface area (Å²) in [6, 6.07) is 6.68. The lowest BCUT2D eigenvalue weighted by Gasteiger charge is -2.20. The van der Waals surface area contributed by atoms with Gasteiger partial charge in [-0.25, -0.2) is 0 Å². The van der Waals surface area contributed by atoms with Crippen molar-refractivity contribution in [2.24, 2.45) is 11.7 Å². The molecule has 0 radical (unpaired) electrons. The second-order valence-electron chi connectivity index (χ2n) is 4.60. The molecule has 0 saturated heterocycles. The monoisotopic (exact) mass is 267 g/mol. The van der Waals surface area contributed by atoms with E-state index in [1.54, 1.807) is 0 Å². The van der Waals surface area contributed by atoms with Crippen LogP contribution in [0.15, 0.2) is 22.7 Å². The molecule has 1 unspecified atom stereocenters. The van der Waals surface area contributed by atoms with Gasteiger partial charge in [0.05, 0.1) is 0 Å². The average molecular weight is 268 g/mol. The van der Waals surface area contributed by atoms with Crippen LogP contribution in [0.2, 0.25) is 0 Å². The van der Waals surface area contributed by atoms with E-state index >= 15 is 0 Å². The fourth-order valence-corrected chi connectivity index (χ4v) is 3.23. The summed E-state index contributed by atoms with van der Waals surface area (Å²) in [7, 11) is 0. The average Bonchev–Trinajstić information content (AvgIpc) is 2.69. The van der Waals surface area contributed by atoms with Crippen LogP contribution >= 0.6 is 15.9 Å². The minimum absolute atomic E-state index is 0.211. The van der Waals surface area contributed by atoms with E-state index in [1.807, 2.05) is 0 Å². The van der Waals surface area contributed by atoms with Gasteiger partial charge in [-0.3, -0.25) is 0 Å². The number of hydrogen-bond donors (Lipinski definition) is 1. The smallest absolute Gasteiger partial charge is 0.0334 e. The Morgan fingerprint density at radius 2 is 2.00 bits per heavy atom. The van der Waals surface area contributed by atoms with Crippen molar-refractivity contribution in [1.29, 1.82) is 0 Å². The first kappa shape index (κ1) is 11.2. The van der Waals surface area contributed by atoms with Crippen molar-refractivity contribution in [1.82, 2.24) is 0 Å². The van der Waals surface area contributed by atoms with Crippen LogP contribution in [0.4, 0.5) is 0 Å². The molecule has 82 valence electrons. The Kier molecular flexibility index (Phi) is 3.47. The summed E-state index contributed by atoms with van der Waals surface area (Å²) < 4.78 is 1.17. The molecule has 0 amide bonds. The zero-order valence-electron chi connectivity index (χ0n) is 9.17. The minimum atomic E-state index is 0.211. The number of nitrogens with two attached hydrogens (primary N) is 1. The molecule has 1 aromatic carbocycles. The van der Waals surface area contributed by atoms with E-state index < -0.39 is 0 Å². The number of benzene rings is 1. The van der Waals surface area contributed by atoms with Crippen molar-refractivity contribution in [2.45, 2.75) is 38.6 Å². The first-order chi connectivity index (χ1) is 7.18. The van der Waals surface area contributed by atoms with Crippen LogP contribution in [0.3, 0.4) is 0 Å². The van der Waals surface area contributed by atoms with Crippen molar-refractivity contribution in [3.63, 3.8) is 0 Å². The van der Waals surface area contributed by atoms with Crippen LogP contribution in [0, 0.1) is 12.8 Å². The number of rotatable bonds is 2. The molecule has 1 atom stereocenters. The van der Waals surface area contributed by atoms with Gasteiger partial charge >= 0.3 is 0 Å². The molecule has 0 aromatic heterocycles. The molecule has 0 aliphatic heterocycles. The van der Waals surface area contributed by atoms with Gasteiger partial charge < -0.3 is 5.73 Å². The normalized spacial score (nSPS) is 19.4. The molecule has 2 rings (SSSR count). The van der Waals surface area contributed by atoms with Gasteiger partial charge in [0.15, 0.2) is 0 Å². The van der Waals surface area contributed by atoms with E-state index in [4.69, 9.17) is 5.73 Å². The lowest BCUT2D eigenvalue weighted by Crippen LogP contribution is -2.19. The molecule has 0 spiro atoms. The van der Waals surface area contributed by atoms with Crippen LogP contribution in [0.1, 0.15) is 42.9 Å². The molecule has 0 heterocycles. The summed E-state index contributed by atoms with van der Waals surface area (Å²) in [6.07, 6.45) is 5.28. The highest BCUT2D eigenvalue weighted by atomic mass is 79.9. The van der Waals surface area contributed by atoms with E-state index in [0.717, 1.165) is 0 Å². The first-order valence-corrected chi connectivity index (χ1v) is 6.49. The van der Waals surface area contributed by atoms with E-state index in [0.29, 0.717) is 5.92 Å². The molecule has 1 aromatic rings. The van der Waals surface area contributed by atoms with Crippen LogP contribution in [0.25, 0.3) is 0 Å². The Morgan fingerprint density at radius 3 is 2.60 bits per heavy atom. The lowest BCUT2D eigenvalue weighted by molar-refractivity contribution is 0.443. The molecule has 1 aliphatic carbocycles. The second-order valence-corrected chi connectivity index (χ2v) is 5.45. The van der Waals surface area contributed by atoms with Gasteiger partial charge in [-0.1, -0.05) is 40.9 Å². The fraction of sp³-hybridized carbons (Fsp3) is 0.538. The van der Waals surface area contributed by atoms with Gasteiger partial charge in [-0.2, -0.15) is 0 Å². The highest BCUT2D eigenvalue weighted by Gasteiger charge is 2.24. The molecule has 1 saturated carbocycles. The second kappa shape index (κ2) is 4.67. The van der Waals surface area contributed by atoms with Gasteiger partial charge in [-0.15, -0.1) is 0 Å². The van der Waals surface area contributed by atoms with Crippen LogP contribution in [-0.4, -0.2) is 0 Å². The summed E-state index contributed by atoms with van der Waals surface area (Å²) in [5.41, 5.74) is 8.87. The molecular formula is C13H18BrN. The Morgan fingerprint density at radius 1 is 1.33 bits per heavy atom. The molecule has 2 heteroatoms. The van der Waals surface area contributed by atoms with Crippen molar-refractivity contribution in [3.05, 3.63) is 33.8 Å². The third-order valence-corrected chi connectivity index (χ3v) is 4.11. The summed E-state index contributed by atoms with van der Waals surface area (Å²) in [5, 5.41) is 0. The number of halogens is 1. The Labute approximate surface area is 100 Å². The van der Waals surface area contributed by atoms with Crippen molar-refractivity contribution in [3.8, 4) is 0 Å². The molecule has 1 nitrogen and oxygen atoms in total. The van der Waals surface area contributed by atoms with E-state index in [9.17, 15) is 0 Å². The van der Waals surface area contributed by atoms with Gasteiger partial charge in [0, 0.05) is 10.5 Å².